The molecule has 2 rings (SSSR count). The fourth-order valence-corrected chi connectivity index (χ4v) is 2.46. The van der Waals surface area contributed by atoms with Gasteiger partial charge < -0.3 is 5.11 Å². The Kier molecular flexibility index (Phi) is 3.54. The number of alkyl halides is 2. The lowest BCUT2D eigenvalue weighted by Gasteiger charge is -2.12. The molecular formula is C13H12F2OS. The van der Waals surface area contributed by atoms with Gasteiger partial charge in [-0.1, -0.05) is 18.2 Å². The summed E-state index contributed by atoms with van der Waals surface area (Å²) in [6.07, 6.45) is -3.34. The van der Waals surface area contributed by atoms with Crippen LogP contribution in [0.1, 0.15) is 34.1 Å². The van der Waals surface area contributed by atoms with Crippen LogP contribution in [0.5, 0.6) is 0 Å². The highest BCUT2D eigenvalue weighted by Gasteiger charge is 2.15. The van der Waals surface area contributed by atoms with Crippen LogP contribution in [-0.2, 0) is 0 Å². The van der Waals surface area contributed by atoms with Crippen LogP contribution in [0.15, 0.2) is 35.7 Å². The van der Waals surface area contributed by atoms with Gasteiger partial charge >= 0.3 is 0 Å². The van der Waals surface area contributed by atoms with Gasteiger partial charge in [-0.3, -0.25) is 0 Å². The summed E-state index contributed by atoms with van der Waals surface area (Å²) in [6.45, 7) is 1.90. The number of aryl methyl sites for hydroxylation is 1. The van der Waals surface area contributed by atoms with Crippen LogP contribution >= 0.6 is 11.3 Å². The van der Waals surface area contributed by atoms with Gasteiger partial charge in [-0.05, 0) is 35.6 Å². The first-order chi connectivity index (χ1) is 8.09. The molecule has 1 heterocycles. The minimum Gasteiger partial charge on any atom is -0.384 e. The van der Waals surface area contributed by atoms with Gasteiger partial charge in [0.15, 0.2) is 0 Å². The standard InChI is InChI=1S/C13H12F2OS/c1-8-11(5-6-17-8)12(16)9-3-2-4-10(7-9)13(14)15/h2-7,12-13,16H,1H3. The van der Waals surface area contributed by atoms with Crippen LogP contribution in [-0.4, -0.2) is 5.11 Å². The van der Waals surface area contributed by atoms with Gasteiger partial charge in [-0.15, -0.1) is 11.3 Å². The molecule has 4 heteroatoms. The molecule has 0 spiro atoms. The van der Waals surface area contributed by atoms with Crippen molar-refractivity contribution in [3.63, 3.8) is 0 Å². The topological polar surface area (TPSA) is 20.2 Å². The third-order valence-corrected chi connectivity index (χ3v) is 3.53. The number of thiophene rings is 1. The molecule has 0 aliphatic carbocycles. The van der Waals surface area contributed by atoms with E-state index >= 15 is 0 Å². The number of benzene rings is 1. The van der Waals surface area contributed by atoms with Gasteiger partial charge in [0.2, 0.25) is 0 Å². The number of halogens is 2. The lowest BCUT2D eigenvalue weighted by molar-refractivity contribution is 0.150. The summed E-state index contributed by atoms with van der Waals surface area (Å²) >= 11 is 1.53. The molecule has 90 valence electrons. The fraction of sp³-hybridized carbons (Fsp3) is 0.231. The molecule has 0 radical (unpaired) electrons. The van der Waals surface area contributed by atoms with E-state index in [2.05, 4.69) is 0 Å². The van der Waals surface area contributed by atoms with Crippen LogP contribution in [0.4, 0.5) is 8.78 Å². The zero-order valence-electron chi connectivity index (χ0n) is 9.23. The van der Waals surface area contributed by atoms with E-state index in [1.54, 1.807) is 12.1 Å². The number of hydrogen-bond acceptors (Lipinski definition) is 2. The maximum atomic E-state index is 12.6. The van der Waals surface area contributed by atoms with Crippen molar-refractivity contribution in [3.8, 4) is 0 Å². The molecule has 1 nitrogen and oxygen atoms in total. The van der Waals surface area contributed by atoms with E-state index in [-0.39, 0.29) is 5.56 Å². The van der Waals surface area contributed by atoms with Crippen molar-refractivity contribution in [1.29, 1.82) is 0 Å². The maximum Gasteiger partial charge on any atom is 0.263 e. The van der Waals surface area contributed by atoms with Crippen LogP contribution in [0, 0.1) is 6.92 Å². The summed E-state index contributed by atoms with van der Waals surface area (Å²) in [7, 11) is 0. The second kappa shape index (κ2) is 4.94. The van der Waals surface area contributed by atoms with Crippen LogP contribution in [0.2, 0.25) is 0 Å². The first-order valence-corrected chi connectivity index (χ1v) is 6.07. The Morgan fingerprint density at radius 2 is 1.88 bits per heavy atom. The number of rotatable bonds is 3. The molecule has 0 bridgehead atoms. The Bertz CT molecular complexity index is 508. The van der Waals surface area contributed by atoms with E-state index in [4.69, 9.17) is 0 Å². The normalized spacial score (nSPS) is 13.0. The van der Waals surface area contributed by atoms with Crippen molar-refractivity contribution in [2.24, 2.45) is 0 Å². The van der Waals surface area contributed by atoms with Gasteiger partial charge in [-0.25, -0.2) is 8.78 Å². The molecule has 1 aromatic carbocycles. The summed E-state index contributed by atoms with van der Waals surface area (Å²) in [4.78, 5) is 1.000. The maximum absolute atomic E-state index is 12.6. The molecule has 17 heavy (non-hydrogen) atoms. The molecule has 0 amide bonds. The molecule has 1 unspecified atom stereocenters. The SMILES string of the molecule is Cc1sccc1C(O)c1cccc(C(F)F)c1. The molecule has 0 saturated heterocycles. The van der Waals surface area contributed by atoms with Gasteiger partial charge in [0.1, 0.15) is 6.10 Å². The number of aliphatic hydroxyl groups is 1. The Hall–Kier alpha value is -1.26. The van der Waals surface area contributed by atoms with E-state index in [9.17, 15) is 13.9 Å². The van der Waals surface area contributed by atoms with E-state index < -0.39 is 12.5 Å². The van der Waals surface area contributed by atoms with Crippen molar-refractivity contribution in [2.75, 3.05) is 0 Å². The van der Waals surface area contributed by atoms with Crippen LogP contribution in [0.3, 0.4) is 0 Å². The van der Waals surface area contributed by atoms with Crippen molar-refractivity contribution in [1.82, 2.24) is 0 Å². The average molecular weight is 254 g/mol. The Labute approximate surface area is 102 Å². The third kappa shape index (κ3) is 2.53. The van der Waals surface area contributed by atoms with E-state index in [1.807, 2.05) is 18.4 Å². The smallest absolute Gasteiger partial charge is 0.263 e. The van der Waals surface area contributed by atoms with E-state index in [1.165, 1.54) is 23.5 Å². The Morgan fingerprint density at radius 3 is 2.47 bits per heavy atom. The highest BCUT2D eigenvalue weighted by Crippen LogP contribution is 2.30. The summed E-state index contributed by atoms with van der Waals surface area (Å²) in [5, 5.41) is 12.0. The van der Waals surface area contributed by atoms with Crippen molar-refractivity contribution in [2.45, 2.75) is 19.5 Å². The zero-order chi connectivity index (χ0) is 12.4. The minimum absolute atomic E-state index is 0.0607. The molecule has 0 saturated carbocycles. The van der Waals surface area contributed by atoms with Gasteiger partial charge in [0.05, 0.1) is 0 Å². The largest absolute Gasteiger partial charge is 0.384 e. The molecular weight excluding hydrogens is 242 g/mol. The minimum atomic E-state index is -2.51. The Morgan fingerprint density at radius 1 is 1.18 bits per heavy atom. The van der Waals surface area contributed by atoms with Crippen molar-refractivity contribution < 1.29 is 13.9 Å². The molecule has 1 aromatic heterocycles. The quantitative estimate of drug-likeness (QED) is 0.875. The van der Waals surface area contributed by atoms with Crippen molar-refractivity contribution >= 4 is 11.3 Å². The average Bonchev–Trinajstić information content (AvgIpc) is 2.74. The van der Waals surface area contributed by atoms with Gasteiger partial charge in [0, 0.05) is 10.4 Å². The van der Waals surface area contributed by atoms with Crippen molar-refractivity contribution in [3.05, 3.63) is 57.3 Å². The molecule has 2 aromatic rings. The first-order valence-electron chi connectivity index (χ1n) is 5.19. The zero-order valence-corrected chi connectivity index (χ0v) is 10.0. The Balaban J connectivity index is 2.34. The van der Waals surface area contributed by atoms with Crippen LogP contribution < -0.4 is 0 Å². The second-order valence-electron chi connectivity index (χ2n) is 3.81. The molecule has 1 atom stereocenters. The predicted molar refractivity (Wildman–Crippen MR) is 64.5 cm³/mol. The first kappa shape index (κ1) is 12.2. The second-order valence-corrected chi connectivity index (χ2v) is 4.93. The highest BCUT2D eigenvalue weighted by atomic mass is 32.1. The monoisotopic (exact) mass is 254 g/mol. The lowest BCUT2D eigenvalue weighted by Crippen LogP contribution is -2.00. The summed E-state index contributed by atoms with van der Waals surface area (Å²) < 4.78 is 25.1. The summed E-state index contributed by atoms with van der Waals surface area (Å²) in [5.41, 5.74) is 1.22. The summed E-state index contributed by atoms with van der Waals surface area (Å²) in [6, 6.07) is 7.74. The third-order valence-electron chi connectivity index (χ3n) is 2.67. The van der Waals surface area contributed by atoms with Gasteiger partial charge in [0.25, 0.3) is 6.43 Å². The predicted octanol–water partition coefficient (Wildman–Crippen LogP) is 4.08. The van der Waals surface area contributed by atoms with Crippen LogP contribution in [0.25, 0.3) is 0 Å². The molecule has 1 N–H and O–H groups in total. The highest BCUT2D eigenvalue weighted by molar-refractivity contribution is 7.10. The molecule has 0 aliphatic heterocycles. The number of aliphatic hydroxyl groups excluding tert-OH is 1. The van der Waals surface area contributed by atoms with E-state index in [0.717, 1.165) is 10.4 Å². The lowest BCUT2D eigenvalue weighted by atomic mass is 10.0. The molecule has 0 fully saturated rings. The van der Waals surface area contributed by atoms with E-state index in [0.29, 0.717) is 5.56 Å². The molecule has 0 aliphatic rings. The number of hydrogen-bond donors (Lipinski definition) is 1. The fourth-order valence-electron chi connectivity index (χ4n) is 1.72. The summed E-state index contributed by atoms with van der Waals surface area (Å²) in [5.74, 6) is 0. The van der Waals surface area contributed by atoms with Gasteiger partial charge in [-0.2, -0.15) is 0 Å².